The number of rotatable bonds is 8. The molecule has 2 aliphatic rings. The lowest BCUT2D eigenvalue weighted by molar-refractivity contribution is 0.252. The van der Waals surface area contributed by atoms with Gasteiger partial charge in [-0.25, -0.2) is 8.96 Å². The maximum absolute atomic E-state index is 14.3. The third kappa shape index (κ3) is 7.25. The van der Waals surface area contributed by atoms with Crippen LogP contribution in [0.4, 0.5) is 27.9 Å². The third-order valence-corrected chi connectivity index (χ3v) is 7.14. The fourth-order valence-corrected chi connectivity index (χ4v) is 5.03. The highest BCUT2D eigenvalue weighted by atomic mass is 31.1. The van der Waals surface area contributed by atoms with Crippen molar-refractivity contribution in [3.8, 4) is 5.75 Å². The highest BCUT2D eigenvalue weighted by Gasteiger charge is 2.24. The van der Waals surface area contributed by atoms with Crippen LogP contribution >= 0.6 is 8.25 Å². The molecule has 3 N–H and O–H groups in total. The lowest BCUT2D eigenvalue weighted by Crippen LogP contribution is -2.42. The van der Waals surface area contributed by atoms with Crippen molar-refractivity contribution in [1.82, 2.24) is 19.9 Å². The van der Waals surface area contributed by atoms with Gasteiger partial charge in [0.1, 0.15) is 0 Å². The maximum Gasteiger partial charge on any atom is 0.365 e. The zero-order valence-electron chi connectivity index (χ0n) is 20.3. The molecule has 0 radical (unpaired) electrons. The largest absolute Gasteiger partial charge is 0.423 e. The minimum Gasteiger partial charge on any atom is -0.423 e. The molecule has 4 rings (SSSR count). The molecule has 1 aliphatic heterocycles. The van der Waals surface area contributed by atoms with E-state index in [9.17, 15) is 8.96 Å². The lowest BCUT2D eigenvalue weighted by atomic mass is 10.0. The molecule has 10 nitrogen and oxygen atoms in total. The van der Waals surface area contributed by atoms with Gasteiger partial charge in [0.25, 0.3) is 0 Å². The van der Waals surface area contributed by atoms with Crippen LogP contribution in [0.15, 0.2) is 18.2 Å². The van der Waals surface area contributed by atoms with Crippen molar-refractivity contribution in [3.63, 3.8) is 0 Å². The van der Waals surface area contributed by atoms with Crippen molar-refractivity contribution in [2.24, 2.45) is 0 Å². The molecule has 1 unspecified atom stereocenters. The highest BCUT2D eigenvalue weighted by Crippen LogP contribution is 2.29. The van der Waals surface area contributed by atoms with Crippen LogP contribution in [0.5, 0.6) is 5.75 Å². The average molecular weight is 508 g/mol. The smallest absolute Gasteiger partial charge is 0.365 e. The Balaban J connectivity index is 1.57. The molecule has 0 amide bonds. The van der Waals surface area contributed by atoms with Crippen LogP contribution in [0.3, 0.4) is 0 Å². The molecular weight excluding hydrogens is 472 g/mol. The first kappa shape index (κ1) is 25.6. The van der Waals surface area contributed by atoms with Crippen LogP contribution < -0.4 is 20.1 Å². The molecule has 2 heterocycles. The van der Waals surface area contributed by atoms with Crippen molar-refractivity contribution in [1.29, 1.82) is 0 Å². The van der Waals surface area contributed by atoms with E-state index in [1.165, 1.54) is 37.8 Å². The summed E-state index contributed by atoms with van der Waals surface area (Å²) in [7, 11) is 0.846. The van der Waals surface area contributed by atoms with Gasteiger partial charge in [-0.2, -0.15) is 15.0 Å². The van der Waals surface area contributed by atoms with E-state index in [-0.39, 0.29) is 5.75 Å². The minimum absolute atomic E-state index is 0.281. The normalized spacial score (nSPS) is 19.1. The fraction of sp³-hybridized carbons (Fsp3) is 0.609. The zero-order valence-corrected chi connectivity index (χ0v) is 21.3. The first-order chi connectivity index (χ1) is 16.9. The van der Waals surface area contributed by atoms with E-state index in [0.29, 0.717) is 35.6 Å². The van der Waals surface area contributed by atoms with Crippen LogP contribution in [0.25, 0.3) is 0 Å². The van der Waals surface area contributed by atoms with Crippen LogP contribution in [0, 0.1) is 5.82 Å². The molecule has 2 aromatic rings. The van der Waals surface area contributed by atoms with E-state index in [2.05, 4.69) is 42.0 Å². The Hall–Kier alpha value is -2.49. The number of hydrogen-bond acceptors (Lipinski definition) is 9. The van der Waals surface area contributed by atoms with E-state index >= 15 is 0 Å². The second-order valence-electron chi connectivity index (χ2n) is 9.40. The number of hydrogen-bond donors (Lipinski definition) is 3. The molecule has 35 heavy (non-hydrogen) atoms. The Bertz CT molecular complexity index is 1010. The minimum atomic E-state index is -3.29. The Morgan fingerprint density at radius 1 is 1.09 bits per heavy atom. The molecule has 12 heteroatoms. The van der Waals surface area contributed by atoms with Gasteiger partial charge in [-0.15, -0.1) is 0 Å². The van der Waals surface area contributed by atoms with Gasteiger partial charge >= 0.3 is 8.25 Å². The summed E-state index contributed by atoms with van der Waals surface area (Å²) in [6, 6.07) is 4.66. The molecule has 0 spiro atoms. The number of piperidine rings is 1. The van der Waals surface area contributed by atoms with Gasteiger partial charge < -0.3 is 29.9 Å². The second-order valence-corrected chi connectivity index (χ2v) is 10.1. The number of benzene rings is 1. The zero-order chi connectivity index (χ0) is 24.8. The van der Waals surface area contributed by atoms with Crippen LogP contribution in [0.2, 0.25) is 0 Å². The van der Waals surface area contributed by atoms with Crippen molar-refractivity contribution < 1.29 is 18.4 Å². The third-order valence-electron chi connectivity index (χ3n) is 6.75. The van der Waals surface area contributed by atoms with E-state index < -0.39 is 14.1 Å². The summed E-state index contributed by atoms with van der Waals surface area (Å²) in [5, 5.41) is 6.56. The number of nitrogens with zero attached hydrogens (tertiary/aromatic N) is 5. The average Bonchev–Trinajstić information content (AvgIpc) is 3.09. The summed E-state index contributed by atoms with van der Waals surface area (Å²) in [5.41, 5.74) is 0.395. The monoisotopic (exact) mass is 507 g/mol. The van der Waals surface area contributed by atoms with E-state index in [4.69, 9.17) is 9.88 Å². The number of nitrogens with one attached hydrogen (secondary N) is 2. The topological polar surface area (TPSA) is 116 Å². The summed E-state index contributed by atoms with van der Waals surface area (Å²) in [6.45, 7) is 2.04. The predicted octanol–water partition coefficient (Wildman–Crippen LogP) is 4.18. The number of aromatic nitrogens is 3. The van der Waals surface area contributed by atoms with Crippen molar-refractivity contribution in [2.45, 2.75) is 63.5 Å². The second kappa shape index (κ2) is 12.0. The van der Waals surface area contributed by atoms with Crippen LogP contribution in [0.1, 0.15) is 51.4 Å². The number of halogens is 1. The molecule has 1 aromatic heterocycles. The Morgan fingerprint density at radius 2 is 1.77 bits per heavy atom. The van der Waals surface area contributed by atoms with Crippen LogP contribution in [-0.2, 0) is 4.57 Å². The molecule has 1 aromatic carbocycles. The van der Waals surface area contributed by atoms with Crippen molar-refractivity contribution >= 4 is 31.8 Å². The summed E-state index contributed by atoms with van der Waals surface area (Å²) in [4.78, 5) is 27.3. The summed E-state index contributed by atoms with van der Waals surface area (Å²) in [6.07, 6.45) is 9.07. The SMILES string of the molecule is CN1CCC(N(C)c2nc(Nc3ccc(O[PH](=O)O)c(F)c3)nc(NC3CCCCCC3)n2)CC1. The molecule has 1 aliphatic carbocycles. The molecule has 2 fully saturated rings. The van der Waals surface area contributed by atoms with E-state index in [1.807, 2.05) is 7.05 Å². The van der Waals surface area contributed by atoms with Crippen molar-refractivity contribution in [3.05, 3.63) is 24.0 Å². The molecule has 192 valence electrons. The Kier molecular flexibility index (Phi) is 8.75. The molecule has 1 saturated heterocycles. The molecule has 1 saturated carbocycles. The van der Waals surface area contributed by atoms with Crippen LogP contribution in [-0.4, -0.2) is 64.0 Å². The molecule has 0 bridgehead atoms. The van der Waals surface area contributed by atoms with E-state index in [0.717, 1.165) is 38.8 Å². The summed E-state index contributed by atoms with van der Waals surface area (Å²) in [5.74, 6) is 0.332. The molecule has 1 atom stereocenters. The lowest BCUT2D eigenvalue weighted by Gasteiger charge is -2.35. The van der Waals surface area contributed by atoms with Crippen molar-refractivity contribution in [2.75, 3.05) is 42.7 Å². The molecular formula is C23H35FN7O3P. The fourth-order valence-electron chi connectivity index (χ4n) is 4.68. The first-order valence-corrected chi connectivity index (χ1v) is 13.5. The Morgan fingerprint density at radius 3 is 2.43 bits per heavy atom. The van der Waals surface area contributed by atoms with E-state index in [1.54, 1.807) is 6.07 Å². The quantitative estimate of drug-likeness (QED) is 0.355. The summed E-state index contributed by atoms with van der Waals surface area (Å²) >= 11 is 0. The highest BCUT2D eigenvalue weighted by molar-refractivity contribution is 7.32. The standard InChI is InChI=1S/C23H35FN7O3P/c1-30-13-11-18(12-14-30)31(2)23-28-21(25-16-7-5-3-4-6-8-16)27-22(29-23)26-17-9-10-20(19(24)15-17)34-35(32)33/h9-10,15-16,18,35H,3-8,11-14H2,1-2H3,(H,32,33)(H2,25,26,27,28,29). The first-order valence-electron chi connectivity index (χ1n) is 12.3. The van der Waals surface area contributed by atoms with Gasteiger partial charge in [-0.3, -0.25) is 0 Å². The van der Waals surface area contributed by atoms with Gasteiger partial charge in [-0.1, -0.05) is 25.7 Å². The van der Waals surface area contributed by atoms with Gasteiger partial charge in [0.15, 0.2) is 11.6 Å². The van der Waals surface area contributed by atoms with Gasteiger partial charge in [0.2, 0.25) is 17.8 Å². The van der Waals surface area contributed by atoms with Gasteiger partial charge in [0, 0.05) is 30.9 Å². The van der Waals surface area contributed by atoms with Gasteiger partial charge in [0.05, 0.1) is 0 Å². The Labute approximate surface area is 206 Å². The predicted molar refractivity (Wildman–Crippen MR) is 135 cm³/mol. The van der Waals surface area contributed by atoms with Gasteiger partial charge in [-0.05, 0) is 58.0 Å². The maximum atomic E-state index is 14.3. The number of anilines is 4. The summed E-state index contributed by atoms with van der Waals surface area (Å²) < 4.78 is 29.9. The number of likely N-dealkylation sites (tertiary alicyclic amines) is 1.